The molecule has 3 aliphatic rings. The number of hydrogen-bond acceptors (Lipinski definition) is 5. The van der Waals surface area contributed by atoms with Crippen molar-refractivity contribution >= 4 is 17.9 Å². The molecular formula is C28H41N3O4. The first-order valence-corrected chi connectivity index (χ1v) is 13.2. The van der Waals surface area contributed by atoms with Crippen molar-refractivity contribution in [3.63, 3.8) is 0 Å². The molecule has 0 aromatic heterocycles. The maximum absolute atomic E-state index is 12.3. The summed E-state index contributed by atoms with van der Waals surface area (Å²) in [4.78, 5) is 42.3. The third-order valence-corrected chi connectivity index (χ3v) is 7.92. The summed E-state index contributed by atoms with van der Waals surface area (Å²) in [6.45, 7) is 6.77. The molecule has 0 saturated carbocycles. The molecule has 0 spiro atoms. The van der Waals surface area contributed by atoms with E-state index < -0.39 is 0 Å². The minimum absolute atomic E-state index is 0.00780. The van der Waals surface area contributed by atoms with Gasteiger partial charge in [0.2, 0.25) is 11.8 Å². The minimum Gasteiger partial charge on any atom is -0.410 e. The van der Waals surface area contributed by atoms with Gasteiger partial charge < -0.3 is 9.64 Å². The number of piperidine rings is 1. The molecule has 0 N–H and O–H groups in total. The first-order valence-electron chi connectivity index (χ1n) is 13.2. The van der Waals surface area contributed by atoms with Crippen molar-refractivity contribution in [2.45, 2.75) is 83.6 Å². The van der Waals surface area contributed by atoms with Crippen LogP contribution in [-0.2, 0) is 16.0 Å². The highest BCUT2D eigenvalue weighted by Gasteiger charge is 2.39. The lowest BCUT2D eigenvalue weighted by Crippen LogP contribution is -2.46. The smallest absolute Gasteiger partial charge is 0.410 e. The highest BCUT2D eigenvalue weighted by Crippen LogP contribution is 2.44. The number of rotatable bonds is 8. The van der Waals surface area contributed by atoms with Crippen LogP contribution in [-0.4, -0.2) is 72.4 Å². The number of carbonyl (C=O) groups excluding carboxylic acids is 3. The van der Waals surface area contributed by atoms with Crippen LogP contribution in [0.15, 0.2) is 18.2 Å². The summed E-state index contributed by atoms with van der Waals surface area (Å²) in [5.74, 6) is 1.21. The van der Waals surface area contributed by atoms with Crippen LogP contribution in [0.2, 0.25) is 0 Å². The van der Waals surface area contributed by atoms with Crippen molar-refractivity contribution in [1.82, 2.24) is 14.7 Å². The molecule has 2 atom stereocenters. The second kappa shape index (κ2) is 10.7. The van der Waals surface area contributed by atoms with Crippen LogP contribution >= 0.6 is 0 Å². The normalized spacial score (nSPS) is 23.7. The predicted molar refractivity (Wildman–Crippen MR) is 135 cm³/mol. The molecular weight excluding hydrogens is 442 g/mol. The monoisotopic (exact) mass is 483 g/mol. The average molecular weight is 484 g/mol. The minimum atomic E-state index is -0.327. The molecule has 0 radical (unpaired) electrons. The van der Waals surface area contributed by atoms with E-state index in [0.717, 1.165) is 58.0 Å². The van der Waals surface area contributed by atoms with Crippen LogP contribution in [0.5, 0.6) is 5.75 Å². The number of ether oxygens (including phenoxy) is 1. The number of benzene rings is 1. The largest absolute Gasteiger partial charge is 0.414 e. The molecule has 192 valence electrons. The number of imide groups is 1. The molecule has 1 aliphatic carbocycles. The molecule has 2 aliphatic heterocycles. The van der Waals surface area contributed by atoms with Crippen molar-refractivity contribution < 1.29 is 19.1 Å². The zero-order valence-corrected chi connectivity index (χ0v) is 21.8. The van der Waals surface area contributed by atoms with Gasteiger partial charge in [-0.3, -0.25) is 19.4 Å². The number of likely N-dealkylation sites (tertiary alicyclic amines) is 2. The Morgan fingerprint density at radius 3 is 2.40 bits per heavy atom. The van der Waals surface area contributed by atoms with Crippen LogP contribution in [0.25, 0.3) is 0 Å². The third kappa shape index (κ3) is 5.88. The first kappa shape index (κ1) is 25.7. The van der Waals surface area contributed by atoms with E-state index in [1.54, 1.807) is 14.1 Å². The number of hydrogen-bond donors (Lipinski definition) is 0. The summed E-state index contributed by atoms with van der Waals surface area (Å²) in [5, 5.41) is 0. The SMILES string of the molecule is CN(C)C(=O)Oc1cccc2c1CC[C@H]1[C@@H]2CCN1CCCCCCN1C(=O)CC(C)(C)CC1=O. The van der Waals surface area contributed by atoms with E-state index in [-0.39, 0.29) is 23.3 Å². The van der Waals surface area contributed by atoms with E-state index in [9.17, 15) is 14.4 Å². The van der Waals surface area contributed by atoms with Crippen molar-refractivity contribution in [3.05, 3.63) is 29.3 Å². The van der Waals surface area contributed by atoms with Gasteiger partial charge in [-0.05, 0) is 67.8 Å². The zero-order valence-electron chi connectivity index (χ0n) is 21.8. The van der Waals surface area contributed by atoms with Crippen molar-refractivity contribution in [1.29, 1.82) is 0 Å². The topological polar surface area (TPSA) is 70.2 Å². The van der Waals surface area contributed by atoms with Crippen LogP contribution in [0.4, 0.5) is 4.79 Å². The van der Waals surface area contributed by atoms with Gasteiger partial charge in [-0.15, -0.1) is 0 Å². The van der Waals surface area contributed by atoms with Crippen LogP contribution in [0.3, 0.4) is 0 Å². The molecule has 1 aromatic rings. The Bertz CT molecular complexity index is 938. The lowest BCUT2D eigenvalue weighted by Gasteiger charge is -2.34. The van der Waals surface area contributed by atoms with E-state index in [1.165, 1.54) is 20.9 Å². The predicted octanol–water partition coefficient (Wildman–Crippen LogP) is 4.59. The standard InChI is InChI=1S/C28H41N3O4/c1-28(2)18-25(32)31(26(33)19-28)16-8-6-5-7-15-30-17-14-21-20-10-9-11-24(35-27(34)29(3)4)22(20)12-13-23(21)30/h9-11,21,23H,5-8,12-19H2,1-4H3/t21-,23+/m1/s1. The Hall–Kier alpha value is -2.41. The summed E-state index contributed by atoms with van der Waals surface area (Å²) in [5.41, 5.74) is 2.36. The molecule has 0 unspecified atom stereocenters. The lowest BCUT2D eigenvalue weighted by molar-refractivity contribution is -0.152. The Labute approximate surface area is 209 Å². The quantitative estimate of drug-likeness (QED) is 0.400. The fourth-order valence-corrected chi connectivity index (χ4v) is 6.11. The summed E-state index contributed by atoms with van der Waals surface area (Å²) in [7, 11) is 3.41. The van der Waals surface area contributed by atoms with Gasteiger partial charge in [0.1, 0.15) is 5.75 Å². The van der Waals surface area contributed by atoms with Gasteiger partial charge in [-0.2, -0.15) is 0 Å². The van der Waals surface area contributed by atoms with Gasteiger partial charge in [0.25, 0.3) is 0 Å². The maximum Gasteiger partial charge on any atom is 0.414 e. The Morgan fingerprint density at radius 1 is 1.03 bits per heavy atom. The van der Waals surface area contributed by atoms with Gasteiger partial charge in [-0.25, -0.2) is 4.79 Å². The summed E-state index contributed by atoms with van der Waals surface area (Å²) in [6, 6.07) is 6.71. The number of nitrogens with zero attached hydrogens (tertiary/aromatic N) is 3. The lowest BCUT2D eigenvalue weighted by atomic mass is 9.79. The van der Waals surface area contributed by atoms with E-state index in [4.69, 9.17) is 4.74 Å². The van der Waals surface area contributed by atoms with E-state index in [2.05, 4.69) is 11.0 Å². The Kier molecular flexibility index (Phi) is 7.84. The van der Waals surface area contributed by atoms with Gasteiger partial charge in [0.05, 0.1) is 0 Å². The van der Waals surface area contributed by atoms with Gasteiger partial charge >= 0.3 is 6.09 Å². The molecule has 3 amide bonds. The Morgan fingerprint density at radius 2 is 1.71 bits per heavy atom. The summed E-state index contributed by atoms with van der Waals surface area (Å²) < 4.78 is 5.65. The summed E-state index contributed by atoms with van der Waals surface area (Å²) in [6.07, 6.45) is 8.02. The second-order valence-corrected chi connectivity index (χ2v) is 11.5. The highest BCUT2D eigenvalue weighted by atomic mass is 16.6. The molecule has 0 bridgehead atoms. The third-order valence-electron chi connectivity index (χ3n) is 7.92. The van der Waals surface area contributed by atoms with Crippen molar-refractivity contribution in [2.75, 3.05) is 33.7 Å². The van der Waals surface area contributed by atoms with Crippen LogP contribution in [0, 0.1) is 5.41 Å². The molecule has 2 fully saturated rings. The van der Waals surface area contributed by atoms with Crippen LogP contribution < -0.4 is 4.74 Å². The fraction of sp³-hybridized carbons (Fsp3) is 0.679. The van der Waals surface area contributed by atoms with Crippen LogP contribution in [0.1, 0.15) is 82.3 Å². The molecule has 2 saturated heterocycles. The van der Waals surface area contributed by atoms with Gasteiger partial charge in [0.15, 0.2) is 0 Å². The molecule has 7 nitrogen and oxygen atoms in total. The number of fused-ring (bicyclic) bond motifs is 3. The van der Waals surface area contributed by atoms with E-state index in [0.29, 0.717) is 37.1 Å². The fourth-order valence-electron chi connectivity index (χ4n) is 6.11. The average Bonchev–Trinajstić information content (AvgIpc) is 3.20. The molecule has 7 heteroatoms. The molecule has 4 rings (SSSR count). The van der Waals surface area contributed by atoms with E-state index >= 15 is 0 Å². The Balaban J connectivity index is 1.22. The number of amides is 3. The highest BCUT2D eigenvalue weighted by molar-refractivity contribution is 5.98. The number of unbranched alkanes of at least 4 members (excludes halogenated alkanes) is 3. The van der Waals surface area contributed by atoms with Crippen molar-refractivity contribution in [2.24, 2.45) is 5.41 Å². The molecule has 35 heavy (non-hydrogen) atoms. The van der Waals surface area contributed by atoms with E-state index in [1.807, 2.05) is 26.0 Å². The maximum atomic E-state index is 12.3. The molecule has 2 heterocycles. The number of carbonyl (C=O) groups is 3. The van der Waals surface area contributed by atoms with Crippen molar-refractivity contribution in [3.8, 4) is 5.75 Å². The summed E-state index contributed by atoms with van der Waals surface area (Å²) >= 11 is 0. The van der Waals surface area contributed by atoms with Gasteiger partial charge in [-0.1, -0.05) is 38.8 Å². The second-order valence-electron chi connectivity index (χ2n) is 11.5. The first-order chi connectivity index (χ1) is 16.7. The zero-order chi connectivity index (χ0) is 25.2. The molecule has 1 aromatic carbocycles. The van der Waals surface area contributed by atoms with Gasteiger partial charge in [0, 0.05) is 45.4 Å².